The Morgan fingerprint density at radius 2 is 2.55 bits per heavy atom. The molecule has 0 bridgehead atoms. The smallest absolute Gasteiger partial charge is 0.0991 e. The second kappa shape index (κ2) is 3.48. The van der Waals surface area contributed by atoms with Crippen molar-refractivity contribution in [3.05, 3.63) is 23.0 Å². The minimum absolute atomic E-state index is 0.754. The summed E-state index contributed by atoms with van der Waals surface area (Å²) in [7, 11) is 0. The van der Waals surface area contributed by atoms with Crippen LogP contribution in [0.15, 0.2) is 28.1 Å². The molecule has 0 fully saturated rings. The first-order chi connectivity index (χ1) is 5.24. The molecule has 0 aromatic carbocycles. The van der Waals surface area contributed by atoms with Crippen LogP contribution in [0.5, 0.6) is 0 Å². The molecule has 0 radical (unpaired) electrons. The Balaban J connectivity index is 2.72. The van der Waals surface area contributed by atoms with Gasteiger partial charge in [0.1, 0.15) is 0 Å². The third-order valence-corrected chi connectivity index (χ3v) is 2.01. The highest BCUT2D eigenvalue weighted by molar-refractivity contribution is 8.15. The molecule has 0 saturated carbocycles. The van der Waals surface area contributed by atoms with Crippen LogP contribution in [-0.4, -0.2) is 10.6 Å². The molecule has 11 heavy (non-hydrogen) atoms. The van der Waals surface area contributed by atoms with Gasteiger partial charge in [-0.25, -0.2) is 5.01 Å². The molecule has 0 saturated heterocycles. The van der Waals surface area contributed by atoms with E-state index >= 15 is 0 Å². The van der Waals surface area contributed by atoms with Gasteiger partial charge in [0.2, 0.25) is 0 Å². The summed E-state index contributed by atoms with van der Waals surface area (Å²) < 4.78 is 0. The lowest BCUT2D eigenvalue weighted by Gasteiger charge is -2.09. The molecule has 0 spiro atoms. The molecular formula is C7H11N3S. The van der Waals surface area contributed by atoms with E-state index in [1.807, 2.05) is 19.9 Å². The predicted molar refractivity (Wildman–Crippen MR) is 49.6 cm³/mol. The monoisotopic (exact) mass is 169 g/mol. The topological polar surface area (TPSA) is 41.6 Å². The third-order valence-electron chi connectivity index (χ3n) is 1.14. The lowest BCUT2D eigenvalue weighted by atomic mass is 10.5. The summed E-state index contributed by atoms with van der Waals surface area (Å²) in [5.74, 6) is 0. The molecule has 0 aromatic rings. The largest absolute Gasteiger partial charge is 0.401 e. The number of hydrogen-bond acceptors (Lipinski definition) is 4. The van der Waals surface area contributed by atoms with Crippen LogP contribution >= 0.6 is 11.8 Å². The van der Waals surface area contributed by atoms with Gasteiger partial charge < -0.3 is 5.73 Å². The summed E-state index contributed by atoms with van der Waals surface area (Å²) in [6.07, 6.45) is 3.79. The maximum Gasteiger partial charge on any atom is 0.0991 e. The lowest BCUT2D eigenvalue weighted by molar-refractivity contribution is 0.537. The van der Waals surface area contributed by atoms with Crippen molar-refractivity contribution in [1.82, 2.24) is 5.01 Å². The Morgan fingerprint density at radius 3 is 3.09 bits per heavy atom. The highest BCUT2D eigenvalue weighted by Gasteiger charge is 2.09. The zero-order chi connectivity index (χ0) is 8.27. The van der Waals surface area contributed by atoms with Crippen LogP contribution in [0.4, 0.5) is 0 Å². The summed E-state index contributed by atoms with van der Waals surface area (Å²) in [4.78, 5) is 0. The second-order valence-electron chi connectivity index (χ2n) is 2.18. The van der Waals surface area contributed by atoms with E-state index in [2.05, 4.69) is 5.10 Å². The van der Waals surface area contributed by atoms with Crippen LogP contribution < -0.4 is 5.73 Å². The quantitative estimate of drug-likeness (QED) is 0.649. The molecule has 1 heterocycles. The molecule has 0 atom stereocenters. The van der Waals surface area contributed by atoms with Crippen LogP contribution in [-0.2, 0) is 0 Å². The molecular weight excluding hydrogens is 158 g/mol. The molecule has 60 valence electrons. The molecule has 1 aliphatic rings. The first-order valence-corrected chi connectivity index (χ1v) is 4.20. The van der Waals surface area contributed by atoms with Gasteiger partial charge >= 0.3 is 0 Å². The minimum atomic E-state index is 0.754. The van der Waals surface area contributed by atoms with E-state index in [4.69, 9.17) is 5.73 Å². The molecule has 0 amide bonds. The van der Waals surface area contributed by atoms with Crippen LogP contribution in [0.25, 0.3) is 0 Å². The first kappa shape index (κ1) is 8.20. The lowest BCUT2D eigenvalue weighted by Crippen LogP contribution is -2.05. The number of thioether (sulfide) groups is 1. The molecule has 2 N–H and O–H groups in total. The fourth-order valence-corrected chi connectivity index (χ4v) is 1.33. The number of nitrogens with two attached hydrogens (primary N) is 1. The summed E-state index contributed by atoms with van der Waals surface area (Å²) in [5.41, 5.74) is 8.04. The average molecular weight is 169 g/mol. The van der Waals surface area contributed by atoms with Crippen molar-refractivity contribution in [2.45, 2.75) is 13.8 Å². The van der Waals surface area contributed by atoms with Gasteiger partial charge in [0.25, 0.3) is 0 Å². The Bertz CT molecular complexity index is 226. The first-order valence-electron chi connectivity index (χ1n) is 3.32. The van der Waals surface area contributed by atoms with Crippen molar-refractivity contribution in [1.29, 1.82) is 0 Å². The Morgan fingerprint density at radius 1 is 1.82 bits per heavy atom. The molecule has 0 unspecified atom stereocenters. The van der Waals surface area contributed by atoms with E-state index in [0.717, 1.165) is 10.7 Å². The Labute approximate surface area is 70.6 Å². The van der Waals surface area contributed by atoms with Gasteiger partial charge in [0.15, 0.2) is 0 Å². The predicted octanol–water partition coefficient (Wildman–Crippen LogP) is 1.66. The standard InChI is InChI=1S/C7H11N3S/c1-3-7-10(4-6(2)8)9-5-11-7/h3-5H,8H2,1-2H3/b6-4-,7-3-. The fourth-order valence-electron chi connectivity index (χ4n) is 0.729. The molecule has 0 aliphatic carbocycles. The Hall–Kier alpha value is -0.900. The van der Waals surface area contributed by atoms with Gasteiger partial charge in [0, 0.05) is 11.9 Å². The van der Waals surface area contributed by atoms with E-state index in [0.29, 0.717) is 0 Å². The minimum Gasteiger partial charge on any atom is -0.401 e. The normalized spacial score (nSPS) is 21.8. The van der Waals surface area contributed by atoms with Gasteiger partial charge in [-0.2, -0.15) is 5.10 Å². The maximum absolute atomic E-state index is 5.50. The summed E-state index contributed by atoms with van der Waals surface area (Å²) in [5, 5.41) is 6.93. The van der Waals surface area contributed by atoms with Crippen molar-refractivity contribution in [3.8, 4) is 0 Å². The van der Waals surface area contributed by atoms with Crippen LogP contribution in [0.3, 0.4) is 0 Å². The van der Waals surface area contributed by atoms with Crippen molar-refractivity contribution >= 4 is 17.3 Å². The molecule has 3 nitrogen and oxygen atoms in total. The van der Waals surface area contributed by atoms with E-state index < -0.39 is 0 Å². The zero-order valence-electron chi connectivity index (χ0n) is 6.61. The summed E-state index contributed by atoms with van der Waals surface area (Å²) in [6.45, 7) is 3.81. The van der Waals surface area contributed by atoms with Crippen molar-refractivity contribution in [2.75, 3.05) is 0 Å². The van der Waals surface area contributed by atoms with Crippen LogP contribution in [0, 0.1) is 0 Å². The van der Waals surface area contributed by atoms with Crippen LogP contribution in [0.2, 0.25) is 0 Å². The van der Waals surface area contributed by atoms with Crippen LogP contribution in [0.1, 0.15) is 13.8 Å². The highest BCUT2D eigenvalue weighted by Crippen LogP contribution is 2.24. The summed E-state index contributed by atoms with van der Waals surface area (Å²) >= 11 is 1.59. The number of hydrazone groups is 1. The van der Waals surface area contributed by atoms with E-state index in [9.17, 15) is 0 Å². The van der Waals surface area contributed by atoms with Crippen molar-refractivity contribution < 1.29 is 0 Å². The van der Waals surface area contributed by atoms with Gasteiger partial charge in [-0.15, -0.1) is 0 Å². The van der Waals surface area contributed by atoms with E-state index in [1.165, 1.54) is 0 Å². The third kappa shape index (κ3) is 2.01. The highest BCUT2D eigenvalue weighted by atomic mass is 32.2. The van der Waals surface area contributed by atoms with Gasteiger partial charge in [-0.05, 0) is 13.8 Å². The molecule has 0 aromatic heterocycles. The number of allylic oxidation sites excluding steroid dienone is 2. The van der Waals surface area contributed by atoms with E-state index in [-0.39, 0.29) is 0 Å². The fraction of sp³-hybridized carbons (Fsp3) is 0.286. The SMILES string of the molecule is C/C=C1\SC=NN1/C=C(/C)N. The van der Waals surface area contributed by atoms with Crippen molar-refractivity contribution in [3.63, 3.8) is 0 Å². The summed E-state index contributed by atoms with van der Waals surface area (Å²) in [6, 6.07) is 0. The molecule has 4 heteroatoms. The molecule has 1 aliphatic heterocycles. The molecule has 1 rings (SSSR count). The van der Waals surface area contributed by atoms with Crippen molar-refractivity contribution in [2.24, 2.45) is 10.8 Å². The Kier molecular flexibility index (Phi) is 2.59. The second-order valence-corrected chi connectivity index (χ2v) is 3.05. The average Bonchev–Trinajstić information content (AvgIpc) is 2.34. The van der Waals surface area contributed by atoms with Gasteiger partial charge in [0.05, 0.1) is 10.6 Å². The number of nitrogens with zero attached hydrogens (tertiary/aromatic N) is 2. The van der Waals surface area contributed by atoms with Gasteiger partial charge in [-0.3, -0.25) is 0 Å². The van der Waals surface area contributed by atoms with E-state index in [1.54, 1.807) is 28.5 Å². The van der Waals surface area contributed by atoms with Gasteiger partial charge in [-0.1, -0.05) is 17.8 Å². The maximum atomic E-state index is 5.50. The zero-order valence-corrected chi connectivity index (χ0v) is 7.43. The number of hydrogen-bond donors (Lipinski definition) is 1. The number of rotatable bonds is 1.